The molecule has 0 aromatic heterocycles. The van der Waals surface area contributed by atoms with Crippen LogP contribution in [0.4, 0.5) is 87.8 Å². The number of halogens is 20. The summed E-state index contributed by atoms with van der Waals surface area (Å²) in [7, 11) is 0. The van der Waals surface area contributed by atoms with Crippen molar-refractivity contribution in [3.05, 3.63) is 0 Å². The maximum atomic E-state index is 13.4. The van der Waals surface area contributed by atoms with Gasteiger partial charge in [-0.1, -0.05) is 0 Å². The summed E-state index contributed by atoms with van der Waals surface area (Å²) in [5.74, 6) is -96.2. The maximum absolute atomic E-state index is 13.4. The molecule has 0 saturated carbocycles. The first kappa shape index (κ1) is 33.5. The lowest BCUT2D eigenvalue weighted by Gasteiger charge is -2.44. The van der Waals surface area contributed by atoms with Crippen molar-refractivity contribution >= 4 is 11.9 Å². The molecule has 0 aromatic rings. The molecule has 0 bridgehead atoms. The molecule has 0 saturated heterocycles. The third-order valence-electron chi connectivity index (χ3n) is 4.09. The van der Waals surface area contributed by atoms with E-state index < -0.39 is 71.2 Å². The van der Waals surface area contributed by atoms with Crippen LogP contribution < -0.4 is 0 Å². The van der Waals surface area contributed by atoms with Gasteiger partial charge in [0.2, 0.25) is 0 Å². The normalized spacial score (nSPS) is 16.2. The van der Waals surface area contributed by atoms with Gasteiger partial charge in [0, 0.05) is 0 Å². The predicted molar refractivity (Wildman–Crippen MR) is 64.7 cm³/mol. The number of hydrogen-bond acceptors (Lipinski definition) is 2. The zero-order valence-corrected chi connectivity index (χ0v) is 15.3. The van der Waals surface area contributed by atoms with Gasteiger partial charge in [0.05, 0.1) is 0 Å². The summed E-state index contributed by atoms with van der Waals surface area (Å²) >= 11 is 0. The van der Waals surface area contributed by atoms with Gasteiger partial charge in [-0.25, -0.2) is 9.59 Å². The Hall–Kier alpha value is -2.46. The third kappa shape index (κ3) is 3.59. The standard InChI is InChI=1S/C12H2F20O4/c13-3(14,1(33)34)5(17,18)7(21,22)9(25,26)11(29,30)12(31,32)10(27,28)8(23,24)6(19,20)4(15,16)2(35)36/h(H,33,34)(H,35,36). The van der Waals surface area contributed by atoms with Gasteiger partial charge in [-0.3, -0.25) is 0 Å². The second kappa shape index (κ2) is 8.02. The first-order valence-corrected chi connectivity index (χ1v) is 7.39. The second-order valence-corrected chi connectivity index (χ2v) is 6.35. The van der Waals surface area contributed by atoms with Gasteiger partial charge in [-0.15, -0.1) is 0 Å². The van der Waals surface area contributed by atoms with Crippen LogP contribution in [0.15, 0.2) is 0 Å². The molecule has 0 aliphatic rings. The number of hydrogen-bond donors (Lipinski definition) is 2. The van der Waals surface area contributed by atoms with Crippen molar-refractivity contribution in [3.63, 3.8) is 0 Å². The van der Waals surface area contributed by atoms with E-state index >= 15 is 0 Å². The summed E-state index contributed by atoms with van der Waals surface area (Å²) < 4.78 is 263. The summed E-state index contributed by atoms with van der Waals surface area (Å²) in [6.45, 7) is 0. The highest BCUT2D eigenvalue weighted by atomic mass is 19.4. The van der Waals surface area contributed by atoms with Crippen LogP contribution in [0.1, 0.15) is 0 Å². The Morgan fingerprint density at radius 3 is 0.528 bits per heavy atom. The lowest BCUT2D eigenvalue weighted by atomic mass is 9.85. The van der Waals surface area contributed by atoms with Gasteiger partial charge in [0.1, 0.15) is 0 Å². The van der Waals surface area contributed by atoms with E-state index in [1.165, 1.54) is 0 Å². The Labute approximate surface area is 180 Å². The largest absolute Gasteiger partial charge is 0.477 e. The number of carboxylic acid groups (broad SMARTS) is 2. The van der Waals surface area contributed by atoms with Crippen molar-refractivity contribution in [2.75, 3.05) is 0 Å². The molecule has 24 heteroatoms. The van der Waals surface area contributed by atoms with Crippen molar-refractivity contribution in [2.24, 2.45) is 0 Å². The van der Waals surface area contributed by atoms with E-state index in [-0.39, 0.29) is 0 Å². The summed E-state index contributed by atoms with van der Waals surface area (Å²) in [4.78, 5) is 19.7. The molecule has 0 spiro atoms. The molecular weight excluding hydrogens is 588 g/mol. The van der Waals surface area contributed by atoms with Crippen molar-refractivity contribution < 1.29 is 108 Å². The van der Waals surface area contributed by atoms with Gasteiger partial charge in [0.15, 0.2) is 0 Å². The van der Waals surface area contributed by atoms with E-state index in [1.54, 1.807) is 0 Å². The number of carboxylic acids is 2. The van der Waals surface area contributed by atoms with Crippen molar-refractivity contribution in [1.29, 1.82) is 0 Å². The van der Waals surface area contributed by atoms with Gasteiger partial charge >= 0.3 is 71.2 Å². The Balaban J connectivity index is 7.21. The van der Waals surface area contributed by atoms with E-state index in [1.807, 2.05) is 0 Å². The summed E-state index contributed by atoms with van der Waals surface area (Å²) in [5, 5.41) is 15.3. The molecule has 0 aromatic carbocycles. The molecule has 0 amide bonds. The highest BCUT2D eigenvalue weighted by molar-refractivity contribution is 5.77. The topological polar surface area (TPSA) is 74.6 Å². The highest BCUT2D eigenvalue weighted by Crippen LogP contribution is 2.66. The first-order chi connectivity index (χ1) is 15.1. The minimum absolute atomic E-state index is 4.56. The van der Waals surface area contributed by atoms with Crippen LogP contribution in [0.3, 0.4) is 0 Å². The lowest BCUT2D eigenvalue weighted by Crippen LogP contribution is -2.77. The van der Waals surface area contributed by atoms with Crippen LogP contribution in [0, 0.1) is 0 Å². The minimum Gasteiger partial charge on any atom is -0.477 e. The van der Waals surface area contributed by atoms with Crippen LogP contribution in [-0.4, -0.2) is 81.4 Å². The SMILES string of the molecule is O=C(O)C(F)(F)C(F)(F)C(F)(F)C(F)(F)C(F)(F)C(F)(F)C(F)(F)C(F)(F)C(F)(F)C(F)(F)C(=O)O. The van der Waals surface area contributed by atoms with Crippen molar-refractivity contribution in [3.8, 4) is 0 Å². The summed E-state index contributed by atoms with van der Waals surface area (Å²) in [6.07, 6.45) is 0. The zero-order chi connectivity index (χ0) is 30.2. The van der Waals surface area contributed by atoms with Crippen LogP contribution in [0.25, 0.3) is 0 Å². The molecule has 0 unspecified atom stereocenters. The Morgan fingerprint density at radius 2 is 0.417 bits per heavy atom. The molecule has 0 radical (unpaired) electrons. The van der Waals surface area contributed by atoms with Crippen LogP contribution in [0.5, 0.6) is 0 Å². The summed E-state index contributed by atoms with van der Waals surface area (Å²) in [5.41, 5.74) is 0. The summed E-state index contributed by atoms with van der Waals surface area (Å²) in [6, 6.07) is 0. The molecule has 214 valence electrons. The Bertz CT molecular complexity index is 817. The lowest BCUT2D eigenvalue weighted by molar-refractivity contribution is -0.466. The molecule has 36 heavy (non-hydrogen) atoms. The monoisotopic (exact) mass is 590 g/mol. The number of carbonyl (C=O) groups is 2. The molecule has 0 heterocycles. The molecule has 0 fully saturated rings. The second-order valence-electron chi connectivity index (χ2n) is 6.35. The zero-order valence-electron chi connectivity index (χ0n) is 15.3. The number of aliphatic carboxylic acids is 2. The quantitative estimate of drug-likeness (QED) is 0.312. The van der Waals surface area contributed by atoms with E-state index in [4.69, 9.17) is 10.2 Å². The average molecular weight is 590 g/mol. The number of rotatable bonds is 11. The predicted octanol–water partition coefficient (Wildman–Crippen LogP) is 5.51. The minimum atomic E-state index is -9.32. The fraction of sp³-hybridized carbons (Fsp3) is 0.833. The maximum Gasteiger partial charge on any atom is 0.410 e. The van der Waals surface area contributed by atoms with E-state index in [9.17, 15) is 97.4 Å². The highest BCUT2D eigenvalue weighted by Gasteiger charge is 2.98. The third-order valence-corrected chi connectivity index (χ3v) is 4.09. The van der Waals surface area contributed by atoms with Gasteiger partial charge in [-0.05, 0) is 0 Å². The first-order valence-electron chi connectivity index (χ1n) is 7.39. The molecule has 0 atom stereocenters. The van der Waals surface area contributed by atoms with Gasteiger partial charge in [-0.2, -0.15) is 87.8 Å². The van der Waals surface area contributed by atoms with Crippen LogP contribution in [-0.2, 0) is 9.59 Å². The van der Waals surface area contributed by atoms with E-state index in [0.29, 0.717) is 0 Å². The molecule has 4 nitrogen and oxygen atoms in total. The molecule has 0 aliphatic heterocycles. The Morgan fingerprint density at radius 1 is 0.306 bits per heavy atom. The average Bonchev–Trinajstić information content (AvgIpc) is 2.65. The molecule has 0 rings (SSSR count). The fourth-order valence-corrected chi connectivity index (χ4v) is 1.85. The van der Waals surface area contributed by atoms with Gasteiger partial charge < -0.3 is 10.2 Å². The van der Waals surface area contributed by atoms with Crippen LogP contribution >= 0.6 is 0 Å². The molecule has 2 N–H and O–H groups in total. The smallest absolute Gasteiger partial charge is 0.410 e. The molecular formula is C12H2F20O4. The molecule has 0 aliphatic carbocycles. The van der Waals surface area contributed by atoms with Crippen molar-refractivity contribution in [2.45, 2.75) is 59.2 Å². The van der Waals surface area contributed by atoms with Crippen molar-refractivity contribution in [1.82, 2.24) is 0 Å². The van der Waals surface area contributed by atoms with E-state index in [2.05, 4.69) is 0 Å². The Kier molecular flexibility index (Phi) is 7.47. The van der Waals surface area contributed by atoms with E-state index in [0.717, 1.165) is 0 Å². The fourth-order valence-electron chi connectivity index (χ4n) is 1.85. The van der Waals surface area contributed by atoms with Gasteiger partial charge in [0.25, 0.3) is 0 Å². The van der Waals surface area contributed by atoms with Crippen LogP contribution in [0.2, 0.25) is 0 Å². The number of alkyl halides is 20.